The molecule has 1 saturated heterocycles. The third-order valence-electron chi connectivity index (χ3n) is 4.16. The van der Waals surface area contributed by atoms with Crippen LogP contribution in [0, 0.1) is 11.3 Å². The number of rotatable bonds is 5. The van der Waals surface area contributed by atoms with E-state index in [1.54, 1.807) is 42.5 Å². The number of esters is 1. The first kappa shape index (κ1) is 19.0. The number of benzene rings is 2. The van der Waals surface area contributed by atoms with Crippen molar-refractivity contribution in [3.8, 4) is 17.6 Å². The molecule has 138 valence electrons. The topological polar surface area (TPSA) is 68.5 Å². The van der Waals surface area contributed by atoms with Crippen LogP contribution < -0.4 is 9.47 Å². The van der Waals surface area contributed by atoms with E-state index in [9.17, 15) is 10.1 Å². The van der Waals surface area contributed by atoms with Crippen molar-refractivity contribution in [2.24, 2.45) is 0 Å². The van der Waals surface area contributed by atoms with Crippen LogP contribution in [0.25, 0.3) is 11.6 Å². The van der Waals surface area contributed by atoms with Gasteiger partial charge < -0.3 is 14.2 Å². The van der Waals surface area contributed by atoms with Gasteiger partial charge in [0.1, 0.15) is 0 Å². The molecule has 1 unspecified atom stereocenters. The first-order chi connectivity index (χ1) is 13.1. The second-order valence-corrected chi connectivity index (χ2v) is 6.45. The third-order valence-corrected chi connectivity index (χ3v) is 4.39. The van der Waals surface area contributed by atoms with Gasteiger partial charge in [0.05, 0.1) is 18.8 Å². The molecule has 1 aliphatic heterocycles. The highest BCUT2D eigenvalue weighted by Crippen LogP contribution is 2.31. The highest BCUT2D eigenvalue weighted by atomic mass is 35.5. The Kier molecular flexibility index (Phi) is 6.12. The van der Waals surface area contributed by atoms with Gasteiger partial charge in [-0.05, 0) is 54.3 Å². The largest absolute Gasteiger partial charge is 0.493 e. The van der Waals surface area contributed by atoms with Crippen LogP contribution in [0.15, 0.2) is 42.5 Å². The summed E-state index contributed by atoms with van der Waals surface area (Å²) in [6.07, 6.45) is 2.70. The number of nitrogens with zero attached hydrogens (tertiary/aromatic N) is 1. The quantitative estimate of drug-likeness (QED) is 0.329. The number of carbonyl (C=O) groups is 1. The lowest BCUT2D eigenvalue weighted by molar-refractivity contribution is -0.144. The Hall–Kier alpha value is -2.81. The molecule has 0 radical (unpaired) electrons. The Bertz CT molecular complexity index is 911. The molecule has 0 saturated carbocycles. The Labute approximate surface area is 162 Å². The molecule has 27 heavy (non-hydrogen) atoms. The molecular weight excluding hydrogens is 366 g/mol. The van der Waals surface area contributed by atoms with E-state index in [0.29, 0.717) is 35.1 Å². The van der Waals surface area contributed by atoms with E-state index < -0.39 is 12.1 Å². The lowest BCUT2D eigenvalue weighted by Crippen LogP contribution is -2.24. The Balaban J connectivity index is 1.84. The lowest BCUT2D eigenvalue weighted by Gasteiger charge is -2.13. The first-order valence-electron chi connectivity index (χ1n) is 8.50. The molecule has 2 aromatic rings. The summed E-state index contributed by atoms with van der Waals surface area (Å²) in [5, 5.41) is 10.0. The maximum atomic E-state index is 12.1. The van der Waals surface area contributed by atoms with Gasteiger partial charge in [-0.3, -0.25) is 0 Å². The van der Waals surface area contributed by atoms with Crippen molar-refractivity contribution < 1.29 is 19.0 Å². The molecule has 1 atom stereocenters. The second-order valence-electron chi connectivity index (χ2n) is 6.01. The summed E-state index contributed by atoms with van der Waals surface area (Å²) in [4.78, 5) is 12.1. The molecule has 5 nitrogen and oxygen atoms in total. The van der Waals surface area contributed by atoms with Crippen LogP contribution in [0.3, 0.4) is 0 Å². The van der Waals surface area contributed by atoms with Gasteiger partial charge >= 0.3 is 5.97 Å². The highest BCUT2D eigenvalue weighted by Gasteiger charge is 2.26. The van der Waals surface area contributed by atoms with E-state index in [-0.39, 0.29) is 0 Å². The maximum Gasteiger partial charge on any atom is 0.340 e. The molecule has 6 heteroatoms. The smallest absolute Gasteiger partial charge is 0.340 e. The third kappa shape index (κ3) is 4.68. The fourth-order valence-electron chi connectivity index (χ4n) is 2.80. The standard InChI is InChI=1S/C21H18ClNO4/c1-25-20-11-14(10-16(13-23)15-4-2-5-17(22)12-15)7-8-18(20)27-21(24)19-6-3-9-26-19/h2,4-5,7-8,10-12,19H,3,6,9H2,1H3/b16-10-. The minimum absolute atomic E-state index is 0.316. The highest BCUT2D eigenvalue weighted by molar-refractivity contribution is 6.30. The molecule has 0 bridgehead atoms. The van der Waals surface area contributed by atoms with Gasteiger partial charge in [0.25, 0.3) is 0 Å². The number of allylic oxidation sites excluding steroid dienone is 1. The number of methoxy groups -OCH3 is 1. The van der Waals surface area contributed by atoms with E-state index in [1.165, 1.54) is 7.11 Å². The van der Waals surface area contributed by atoms with Gasteiger partial charge in [-0.25, -0.2) is 4.79 Å². The number of ether oxygens (including phenoxy) is 3. The molecule has 1 aliphatic rings. The van der Waals surface area contributed by atoms with Crippen LogP contribution in [0.5, 0.6) is 11.5 Å². The second kappa shape index (κ2) is 8.72. The van der Waals surface area contributed by atoms with Crippen LogP contribution >= 0.6 is 11.6 Å². The summed E-state index contributed by atoms with van der Waals surface area (Å²) >= 11 is 6.00. The van der Waals surface area contributed by atoms with Crippen LogP contribution in [0.4, 0.5) is 0 Å². The van der Waals surface area contributed by atoms with Crippen molar-refractivity contribution in [1.82, 2.24) is 0 Å². The van der Waals surface area contributed by atoms with Crippen molar-refractivity contribution >= 4 is 29.2 Å². The zero-order valence-electron chi connectivity index (χ0n) is 14.8. The number of carbonyl (C=O) groups excluding carboxylic acids is 1. The fourth-order valence-corrected chi connectivity index (χ4v) is 2.99. The minimum atomic E-state index is -0.526. The molecule has 3 rings (SSSR count). The van der Waals surface area contributed by atoms with E-state index >= 15 is 0 Å². The molecule has 1 heterocycles. The number of halogens is 1. The summed E-state index contributed by atoms with van der Waals surface area (Å²) in [7, 11) is 1.49. The first-order valence-corrected chi connectivity index (χ1v) is 8.87. The maximum absolute atomic E-state index is 12.1. The Morgan fingerprint density at radius 3 is 2.81 bits per heavy atom. The zero-order valence-corrected chi connectivity index (χ0v) is 15.5. The van der Waals surface area contributed by atoms with Crippen LogP contribution in [-0.2, 0) is 9.53 Å². The molecule has 0 aromatic heterocycles. The normalized spacial score (nSPS) is 16.6. The van der Waals surface area contributed by atoms with Crippen molar-refractivity contribution in [2.45, 2.75) is 18.9 Å². The van der Waals surface area contributed by atoms with E-state index in [2.05, 4.69) is 6.07 Å². The summed E-state index contributed by atoms with van der Waals surface area (Å²) in [6, 6.07) is 14.4. The Morgan fingerprint density at radius 1 is 1.30 bits per heavy atom. The molecule has 0 N–H and O–H groups in total. The van der Waals surface area contributed by atoms with E-state index in [0.717, 1.165) is 17.5 Å². The van der Waals surface area contributed by atoms with Gasteiger partial charge in [0.15, 0.2) is 17.6 Å². The molecule has 1 fully saturated rings. The van der Waals surface area contributed by atoms with Gasteiger partial charge in [-0.15, -0.1) is 0 Å². The average molecular weight is 384 g/mol. The molecule has 0 spiro atoms. The summed E-state index contributed by atoms with van der Waals surface area (Å²) in [5.74, 6) is 0.292. The molecule has 2 aromatic carbocycles. The van der Waals surface area contributed by atoms with Crippen LogP contribution in [-0.4, -0.2) is 25.8 Å². The molecule has 0 aliphatic carbocycles. The Morgan fingerprint density at radius 2 is 2.15 bits per heavy atom. The monoisotopic (exact) mass is 383 g/mol. The van der Waals surface area contributed by atoms with Crippen molar-refractivity contribution in [3.05, 3.63) is 58.6 Å². The van der Waals surface area contributed by atoms with Gasteiger partial charge in [0, 0.05) is 11.6 Å². The van der Waals surface area contributed by atoms with Crippen molar-refractivity contribution in [2.75, 3.05) is 13.7 Å². The molecular formula is C21H18ClNO4. The van der Waals surface area contributed by atoms with Crippen molar-refractivity contribution in [1.29, 1.82) is 5.26 Å². The van der Waals surface area contributed by atoms with Crippen LogP contribution in [0.1, 0.15) is 24.0 Å². The molecule has 0 amide bonds. The predicted octanol–water partition coefficient (Wildman–Crippen LogP) is 4.50. The lowest BCUT2D eigenvalue weighted by atomic mass is 10.0. The van der Waals surface area contributed by atoms with Crippen molar-refractivity contribution in [3.63, 3.8) is 0 Å². The number of hydrogen-bond acceptors (Lipinski definition) is 5. The SMILES string of the molecule is COc1cc(/C=C(/C#N)c2cccc(Cl)c2)ccc1OC(=O)C1CCCO1. The minimum Gasteiger partial charge on any atom is -0.493 e. The summed E-state index contributed by atoms with van der Waals surface area (Å²) in [6.45, 7) is 0.571. The van der Waals surface area contributed by atoms with Gasteiger partial charge in [-0.1, -0.05) is 29.8 Å². The fraction of sp³-hybridized carbons (Fsp3) is 0.238. The number of nitriles is 1. The summed E-state index contributed by atoms with van der Waals surface area (Å²) < 4.78 is 16.1. The number of hydrogen-bond donors (Lipinski definition) is 0. The van der Waals surface area contributed by atoms with E-state index in [1.807, 2.05) is 6.07 Å². The van der Waals surface area contributed by atoms with Gasteiger partial charge in [-0.2, -0.15) is 5.26 Å². The summed E-state index contributed by atoms with van der Waals surface area (Å²) in [5.41, 5.74) is 1.92. The van der Waals surface area contributed by atoms with Crippen LogP contribution in [0.2, 0.25) is 5.02 Å². The van der Waals surface area contributed by atoms with E-state index in [4.69, 9.17) is 25.8 Å². The zero-order chi connectivity index (χ0) is 19.2. The average Bonchev–Trinajstić information content (AvgIpc) is 3.22. The van der Waals surface area contributed by atoms with Gasteiger partial charge in [0.2, 0.25) is 0 Å². The predicted molar refractivity (Wildman–Crippen MR) is 103 cm³/mol.